The van der Waals surface area contributed by atoms with E-state index >= 15 is 0 Å². The number of hydrogen-bond donors (Lipinski definition) is 1. The van der Waals surface area contributed by atoms with Gasteiger partial charge in [-0.15, -0.1) is 0 Å². The lowest BCUT2D eigenvalue weighted by Crippen LogP contribution is -2.34. The maximum atomic E-state index is 12.3. The minimum atomic E-state index is -4.38. The van der Waals surface area contributed by atoms with Crippen LogP contribution in [0.25, 0.3) is 0 Å². The number of nitrogens with zero attached hydrogens (tertiary/aromatic N) is 3. The van der Waals surface area contributed by atoms with E-state index in [0.29, 0.717) is 0 Å². The Hall–Kier alpha value is -2.06. The fourth-order valence-electron chi connectivity index (χ4n) is 1.36. The Bertz CT molecular complexity index is 450. The number of pyridine rings is 1. The van der Waals surface area contributed by atoms with Gasteiger partial charge in [-0.25, -0.2) is 4.98 Å². The number of nitro groups is 1. The Kier molecular flexibility index (Phi) is 3.94. The van der Waals surface area contributed by atoms with Crippen LogP contribution in [0.3, 0.4) is 0 Å². The predicted octanol–water partition coefficient (Wildman–Crippen LogP) is 1.96. The first-order valence-electron chi connectivity index (χ1n) is 4.97. The van der Waals surface area contributed by atoms with Gasteiger partial charge >= 0.3 is 11.9 Å². The molecule has 18 heavy (non-hydrogen) atoms. The van der Waals surface area contributed by atoms with Crippen molar-refractivity contribution < 1.29 is 18.1 Å². The summed E-state index contributed by atoms with van der Waals surface area (Å²) >= 11 is 0. The van der Waals surface area contributed by atoms with Crippen LogP contribution in [0.5, 0.6) is 0 Å². The van der Waals surface area contributed by atoms with Crippen molar-refractivity contribution in [2.75, 3.05) is 23.7 Å². The summed E-state index contributed by atoms with van der Waals surface area (Å²) in [7, 11) is 0. The molecule has 0 aliphatic rings. The minimum absolute atomic E-state index is 0.0436. The van der Waals surface area contributed by atoms with Crippen LogP contribution in [0, 0.1) is 10.1 Å². The molecule has 1 aromatic heterocycles. The maximum Gasteiger partial charge on any atom is 0.405 e. The zero-order valence-electron chi connectivity index (χ0n) is 9.44. The molecule has 0 amide bonds. The Morgan fingerprint density at radius 3 is 2.50 bits per heavy atom. The van der Waals surface area contributed by atoms with Gasteiger partial charge in [-0.1, -0.05) is 0 Å². The lowest BCUT2D eigenvalue weighted by molar-refractivity contribution is -0.384. The van der Waals surface area contributed by atoms with E-state index in [9.17, 15) is 23.3 Å². The fourth-order valence-corrected chi connectivity index (χ4v) is 1.36. The largest absolute Gasteiger partial charge is 0.405 e. The quantitative estimate of drug-likeness (QED) is 0.663. The van der Waals surface area contributed by atoms with Crippen LogP contribution in [-0.4, -0.2) is 29.2 Å². The first-order chi connectivity index (χ1) is 8.24. The van der Waals surface area contributed by atoms with E-state index in [1.54, 1.807) is 0 Å². The number of halogens is 3. The number of anilines is 2. The van der Waals surface area contributed by atoms with E-state index in [1.165, 1.54) is 6.92 Å². The maximum absolute atomic E-state index is 12.3. The molecule has 0 radical (unpaired) electrons. The van der Waals surface area contributed by atoms with Gasteiger partial charge in [0.1, 0.15) is 12.4 Å². The number of aromatic nitrogens is 1. The van der Waals surface area contributed by atoms with Crippen LogP contribution >= 0.6 is 0 Å². The second-order valence-electron chi connectivity index (χ2n) is 3.46. The third kappa shape index (κ3) is 3.47. The monoisotopic (exact) mass is 264 g/mol. The van der Waals surface area contributed by atoms with E-state index in [4.69, 9.17) is 5.73 Å². The highest BCUT2D eigenvalue weighted by molar-refractivity contribution is 5.57. The number of rotatable bonds is 4. The Morgan fingerprint density at radius 1 is 1.50 bits per heavy atom. The fraction of sp³-hybridized carbons (Fsp3) is 0.444. The van der Waals surface area contributed by atoms with Crippen molar-refractivity contribution in [2.45, 2.75) is 13.1 Å². The van der Waals surface area contributed by atoms with Gasteiger partial charge in [-0.3, -0.25) is 10.1 Å². The standard InChI is InChI=1S/C9H11F3N4O2/c1-2-15(5-9(10,11)12)7-4-3-6(16(17)18)8(13)14-7/h3-4H,2,5H2,1H3,(H2,13,14). The van der Waals surface area contributed by atoms with Gasteiger partial charge in [0.05, 0.1) is 4.92 Å². The lowest BCUT2D eigenvalue weighted by atomic mass is 10.3. The molecule has 1 rings (SSSR count). The molecule has 6 nitrogen and oxygen atoms in total. The SMILES string of the molecule is CCN(CC(F)(F)F)c1ccc([N+](=O)[O-])c(N)n1. The van der Waals surface area contributed by atoms with Crippen LogP contribution in [0.15, 0.2) is 12.1 Å². The van der Waals surface area contributed by atoms with Gasteiger partial charge in [-0.05, 0) is 13.0 Å². The Morgan fingerprint density at radius 2 is 2.11 bits per heavy atom. The molecule has 0 fully saturated rings. The van der Waals surface area contributed by atoms with Crippen molar-refractivity contribution in [2.24, 2.45) is 0 Å². The highest BCUT2D eigenvalue weighted by Crippen LogP contribution is 2.25. The molecule has 1 heterocycles. The third-order valence-corrected chi connectivity index (χ3v) is 2.16. The predicted molar refractivity (Wildman–Crippen MR) is 59.2 cm³/mol. The molecule has 1 aromatic rings. The smallest absolute Gasteiger partial charge is 0.378 e. The molecule has 0 unspecified atom stereocenters. The molecule has 0 aromatic carbocycles. The molecule has 0 saturated heterocycles. The summed E-state index contributed by atoms with van der Waals surface area (Å²) in [5.41, 5.74) is 4.89. The molecule has 0 saturated carbocycles. The number of hydrogen-bond acceptors (Lipinski definition) is 5. The molecule has 0 atom stereocenters. The molecule has 0 aliphatic carbocycles. The molecule has 100 valence electrons. The van der Waals surface area contributed by atoms with Crippen molar-refractivity contribution in [1.82, 2.24) is 4.98 Å². The highest BCUT2D eigenvalue weighted by atomic mass is 19.4. The summed E-state index contributed by atoms with van der Waals surface area (Å²) < 4.78 is 36.8. The second kappa shape index (κ2) is 5.07. The van der Waals surface area contributed by atoms with E-state index in [1.807, 2.05) is 0 Å². The number of alkyl halides is 3. The van der Waals surface area contributed by atoms with Crippen molar-refractivity contribution >= 4 is 17.3 Å². The number of nitrogens with two attached hydrogens (primary N) is 1. The zero-order valence-corrected chi connectivity index (χ0v) is 9.44. The second-order valence-corrected chi connectivity index (χ2v) is 3.46. The molecule has 9 heteroatoms. The Labute approximate surface area is 100 Å². The summed E-state index contributed by atoms with van der Waals surface area (Å²) in [6, 6.07) is 2.18. The first kappa shape index (κ1) is 14.0. The van der Waals surface area contributed by atoms with Crippen LogP contribution in [0.2, 0.25) is 0 Å². The van der Waals surface area contributed by atoms with E-state index in [2.05, 4.69) is 4.98 Å². The Balaban J connectivity index is 3.01. The van der Waals surface area contributed by atoms with Crippen molar-refractivity contribution in [1.29, 1.82) is 0 Å². The minimum Gasteiger partial charge on any atom is -0.378 e. The average Bonchev–Trinajstić information content (AvgIpc) is 2.24. The number of nitrogen functional groups attached to an aromatic ring is 1. The molecule has 0 aliphatic heterocycles. The van der Waals surface area contributed by atoms with Gasteiger partial charge in [0, 0.05) is 12.6 Å². The summed E-state index contributed by atoms with van der Waals surface area (Å²) in [4.78, 5) is 14.3. The van der Waals surface area contributed by atoms with Crippen molar-refractivity contribution in [3.63, 3.8) is 0 Å². The summed E-state index contributed by atoms with van der Waals surface area (Å²) in [6.45, 7) is 0.391. The average molecular weight is 264 g/mol. The van der Waals surface area contributed by atoms with Gasteiger partial charge in [-0.2, -0.15) is 13.2 Å². The molecular formula is C9H11F3N4O2. The normalized spacial score (nSPS) is 11.3. The summed E-state index contributed by atoms with van der Waals surface area (Å²) in [5, 5.41) is 10.5. The highest BCUT2D eigenvalue weighted by Gasteiger charge is 2.31. The first-order valence-corrected chi connectivity index (χ1v) is 4.97. The van der Waals surface area contributed by atoms with Crippen LogP contribution in [0.4, 0.5) is 30.5 Å². The van der Waals surface area contributed by atoms with Crippen molar-refractivity contribution in [3.8, 4) is 0 Å². The molecule has 2 N–H and O–H groups in total. The van der Waals surface area contributed by atoms with Gasteiger partial charge < -0.3 is 10.6 Å². The van der Waals surface area contributed by atoms with Gasteiger partial charge in [0.15, 0.2) is 0 Å². The van der Waals surface area contributed by atoms with Crippen LogP contribution in [0.1, 0.15) is 6.92 Å². The topological polar surface area (TPSA) is 85.3 Å². The summed E-state index contributed by atoms with van der Waals surface area (Å²) in [6.07, 6.45) is -4.38. The van der Waals surface area contributed by atoms with Gasteiger partial charge in [0.25, 0.3) is 0 Å². The van der Waals surface area contributed by atoms with E-state index in [-0.39, 0.29) is 12.4 Å². The molecular weight excluding hydrogens is 253 g/mol. The molecule has 0 spiro atoms. The van der Waals surface area contributed by atoms with Gasteiger partial charge in [0.2, 0.25) is 5.82 Å². The molecule has 0 bridgehead atoms. The third-order valence-electron chi connectivity index (χ3n) is 2.16. The van der Waals surface area contributed by atoms with Crippen LogP contribution < -0.4 is 10.6 Å². The van der Waals surface area contributed by atoms with Crippen molar-refractivity contribution in [3.05, 3.63) is 22.2 Å². The zero-order chi connectivity index (χ0) is 13.9. The summed E-state index contributed by atoms with van der Waals surface area (Å²) in [5.74, 6) is -0.448. The lowest BCUT2D eigenvalue weighted by Gasteiger charge is -2.23. The van der Waals surface area contributed by atoms with E-state index in [0.717, 1.165) is 17.0 Å². The van der Waals surface area contributed by atoms with E-state index < -0.39 is 29.1 Å². The van der Waals surface area contributed by atoms with Crippen LogP contribution in [-0.2, 0) is 0 Å².